The van der Waals surface area contributed by atoms with E-state index in [0.29, 0.717) is 15.2 Å². The molecule has 122 valence electrons. The van der Waals surface area contributed by atoms with Crippen LogP contribution in [0, 0.1) is 10.1 Å². The first kappa shape index (κ1) is 17.7. The van der Waals surface area contributed by atoms with Gasteiger partial charge in [-0.2, -0.15) is 0 Å². The quantitative estimate of drug-likeness (QED) is 0.536. The summed E-state index contributed by atoms with van der Waals surface area (Å²) in [6.07, 6.45) is 0. The highest BCUT2D eigenvalue weighted by molar-refractivity contribution is 9.10. The number of anilines is 1. The summed E-state index contributed by atoms with van der Waals surface area (Å²) in [6, 6.07) is 9.71. The Morgan fingerprint density at radius 2 is 1.96 bits per heavy atom. The summed E-state index contributed by atoms with van der Waals surface area (Å²) >= 11 is 9.27. The molecule has 0 atom stereocenters. The predicted octanol–water partition coefficient (Wildman–Crippen LogP) is 4.23. The third kappa shape index (κ3) is 3.65. The summed E-state index contributed by atoms with van der Waals surface area (Å²) in [4.78, 5) is 10.1. The lowest BCUT2D eigenvalue weighted by atomic mass is 10.3. The minimum atomic E-state index is -3.93. The summed E-state index contributed by atoms with van der Waals surface area (Å²) in [5.74, 6) is 0. The Bertz CT molecular complexity index is 858. The maximum Gasteiger partial charge on any atom is 0.270 e. The SMILES string of the molecule is CCN(c1ccc(Br)c(Cl)c1)S(=O)(=O)c1cccc([N+](=O)[O-])c1. The lowest BCUT2D eigenvalue weighted by Crippen LogP contribution is -2.30. The van der Waals surface area contributed by atoms with Gasteiger partial charge in [-0.05, 0) is 47.1 Å². The molecule has 0 saturated heterocycles. The van der Waals surface area contributed by atoms with Crippen molar-refractivity contribution < 1.29 is 13.3 Å². The maximum absolute atomic E-state index is 12.8. The summed E-state index contributed by atoms with van der Waals surface area (Å²) in [6.45, 7) is 1.83. The highest BCUT2D eigenvalue weighted by Gasteiger charge is 2.25. The summed E-state index contributed by atoms with van der Waals surface area (Å²) in [5.41, 5.74) is 0.100. The van der Waals surface area contributed by atoms with Crippen LogP contribution in [0.2, 0.25) is 5.02 Å². The first-order valence-corrected chi connectivity index (χ1v) is 9.10. The average Bonchev–Trinajstić information content (AvgIpc) is 2.51. The molecule has 0 spiro atoms. The van der Waals surface area contributed by atoms with Crippen molar-refractivity contribution in [1.29, 1.82) is 0 Å². The number of hydrogen-bond donors (Lipinski definition) is 0. The summed E-state index contributed by atoms with van der Waals surface area (Å²) in [5, 5.41) is 11.2. The molecular formula is C14H12BrClN2O4S. The highest BCUT2D eigenvalue weighted by Crippen LogP contribution is 2.31. The van der Waals surface area contributed by atoms with E-state index >= 15 is 0 Å². The van der Waals surface area contributed by atoms with Crippen LogP contribution >= 0.6 is 27.5 Å². The second-order valence-electron chi connectivity index (χ2n) is 4.52. The zero-order valence-electron chi connectivity index (χ0n) is 11.9. The number of non-ortho nitro benzene ring substituents is 1. The molecule has 0 bridgehead atoms. The first-order chi connectivity index (χ1) is 10.8. The zero-order chi connectivity index (χ0) is 17.2. The number of halogens is 2. The number of sulfonamides is 1. The van der Waals surface area contributed by atoms with Crippen LogP contribution in [-0.4, -0.2) is 19.9 Å². The zero-order valence-corrected chi connectivity index (χ0v) is 15.1. The molecule has 0 aliphatic carbocycles. The third-order valence-corrected chi connectivity index (χ3v) is 6.23. The second-order valence-corrected chi connectivity index (χ2v) is 7.65. The molecule has 0 heterocycles. The number of hydrogen-bond acceptors (Lipinski definition) is 4. The van der Waals surface area contributed by atoms with Crippen molar-refractivity contribution in [3.63, 3.8) is 0 Å². The average molecular weight is 420 g/mol. The van der Waals surface area contributed by atoms with Gasteiger partial charge in [0.25, 0.3) is 15.7 Å². The number of nitrogens with zero attached hydrogens (tertiary/aromatic N) is 2. The van der Waals surface area contributed by atoms with Crippen LogP contribution in [0.4, 0.5) is 11.4 Å². The van der Waals surface area contributed by atoms with E-state index in [-0.39, 0.29) is 17.1 Å². The molecule has 6 nitrogen and oxygen atoms in total. The van der Waals surface area contributed by atoms with Gasteiger partial charge in [-0.15, -0.1) is 0 Å². The number of rotatable bonds is 5. The van der Waals surface area contributed by atoms with Crippen molar-refractivity contribution in [2.75, 3.05) is 10.8 Å². The van der Waals surface area contributed by atoms with Crippen LogP contribution < -0.4 is 4.31 Å². The molecule has 0 radical (unpaired) electrons. The van der Waals surface area contributed by atoms with Crippen LogP contribution in [-0.2, 0) is 10.0 Å². The van der Waals surface area contributed by atoms with Crippen molar-refractivity contribution >= 4 is 48.9 Å². The van der Waals surface area contributed by atoms with Gasteiger partial charge in [-0.25, -0.2) is 8.42 Å². The van der Waals surface area contributed by atoms with Gasteiger partial charge in [0.15, 0.2) is 0 Å². The molecule has 0 aliphatic heterocycles. The summed E-state index contributed by atoms with van der Waals surface area (Å²) in [7, 11) is -3.93. The molecule has 0 aromatic heterocycles. The fourth-order valence-corrected chi connectivity index (χ4v) is 3.94. The number of nitro benzene ring substituents is 1. The van der Waals surface area contributed by atoms with Gasteiger partial charge in [-0.3, -0.25) is 14.4 Å². The lowest BCUT2D eigenvalue weighted by molar-refractivity contribution is -0.385. The van der Waals surface area contributed by atoms with Gasteiger partial charge in [0.05, 0.1) is 20.5 Å². The lowest BCUT2D eigenvalue weighted by Gasteiger charge is -2.23. The van der Waals surface area contributed by atoms with E-state index in [1.807, 2.05) is 0 Å². The smallest absolute Gasteiger partial charge is 0.267 e. The van der Waals surface area contributed by atoms with Gasteiger partial charge < -0.3 is 0 Å². The molecule has 23 heavy (non-hydrogen) atoms. The topological polar surface area (TPSA) is 80.5 Å². The summed E-state index contributed by atoms with van der Waals surface area (Å²) < 4.78 is 27.4. The van der Waals surface area contributed by atoms with Crippen LogP contribution in [0.15, 0.2) is 51.8 Å². The van der Waals surface area contributed by atoms with E-state index < -0.39 is 14.9 Å². The van der Waals surface area contributed by atoms with Gasteiger partial charge in [-0.1, -0.05) is 17.7 Å². The second kappa shape index (κ2) is 6.86. The monoisotopic (exact) mass is 418 g/mol. The molecule has 9 heteroatoms. The molecule has 0 N–H and O–H groups in total. The molecule has 2 aromatic carbocycles. The molecular weight excluding hydrogens is 408 g/mol. The Balaban J connectivity index is 2.53. The molecule has 2 rings (SSSR count). The standard InChI is InChI=1S/C14H12BrClN2O4S/c1-2-17(10-6-7-13(15)14(16)9-10)23(21,22)12-5-3-4-11(8-12)18(19)20/h3-9H,2H2,1H3. The van der Waals surface area contributed by atoms with Crippen molar-refractivity contribution in [3.05, 3.63) is 62.1 Å². The van der Waals surface area contributed by atoms with E-state index in [1.165, 1.54) is 24.3 Å². The number of nitro groups is 1. The van der Waals surface area contributed by atoms with Gasteiger partial charge >= 0.3 is 0 Å². The van der Waals surface area contributed by atoms with Crippen molar-refractivity contribution in [2.45, 2.75) is 11.8 Å². The minimum Gasteiger partial charge on any atom is -0.267 e. The maximum atomic E-state index is 12.8. The van der Waals surface area contributed by atoms with E-state index in [0.717, 1.165) is 10.4 Å². The molecule has 0 unspecified atom stereocenters. The van der Waals surface area contributed by atoms with E-state index in [1.54, 1.807) is 19.1 Å². The predicted molar refractivity (Wildman–Crippen MR) is 92.5 cm³/mol. The number of benzene rings is 2. The first-order valence-electron chi connectivity index (χ1n) is 6.49. The van der Waals surface area contributed by atoms with Crippen LogP contribution in [0.3, 0.4) is 0 Å². The van der Waals surface area contributed by atoms with Crippen molar-refractivity contribution in [3.8, 4) is 0 Å². The molecule has 0 fully saturated rings. The molecule has 0 saturated carbocycles. The Morgan fingerprint density at radius 1 is 1.26 bits per heavy atom. The Morgan fingerprint density at radius 3 is 2.52 bits per heavy atom. The van der Waals surface area contributed by atoms with Gasteiger partial charge in [0.2, 0.25) is 0 Å². The Labute approximate surface area is 147 Å². The Hall–Kier alpha value is -1.64. The molecule has 2 aromatic rings. The van der Waals surface area contributed by atoms with Crippen molar-refractivity contribution in [2.24, 2.45) is 0 Å². The Kier molecular flexibility index (Phi) is 5.28. The molecule has 0 aliphatic rings. The van der Waals surface area contributed by atoms with E-state index in [4.69, 9.17) is 11.6 Å². The van der Waals surface area contributed by atoms with Gasteiger partial charge in [0, 0.05) is 23.2 Å². The fraction of sp³-hybridized carbons (Fsp3) is 0.143. The largest absolute Gasteiger partial charge is 0.270 e. The highest BCUT2D eigenvalue weighted by atomic mass is 79.9. The van der Waals surface area contributed by atoms with Gasteiger partial charge in [0.1, 0.15) is 0 Å². The van der Waals surface area contributed by atoms with Crippen molar-refractivity contribution in [1.82, 2.24) is 0 Å². The third-order valence-electron chi connectivity index (χ3n) is 3.09. The fourth-order valence-electron chi connectivity index (χ4n) is 2.02. The minimum absolute atomic E-state index is 0.146. The normalized spacial score (nSPS) is 11.3. The molecule has 0 amide bonds. The van der Waals surface area contributed by atoms with Crippen LogP contribution in [0.1, 0.15) is 6.92 Å². The van der Waals surface area contributed by atoms with E-state index in [2.05, 4.69) is 15.9 Å². The van der Waals surface area contributed by atoms with E-state index in [9.17, 15) is 18.5 Å². The van der Waals surface area contributed by atoms with Crippen LogP contribution in [0.5, 0.6) is 0 Å². The van der Waals surface area contributed by atoms with Crippen LogP contribution in [0.25, 0.3) is 0 Å².